The third-order valence-corrected chi connectivity index (χ3v) is 3.08. The summed E-state index contributed by atoms with van der Waals surface area (Å²) in [6, 6.07) is -0.358. The Balaban J connectivity index is 2.45. The SMILES string of the molecule is CCC(C(=O)NN)N1CCN(CC(F)(F)F)CC1. The van der Waals surface area contributed by atoms with Gasteiger partial charge in [-0.25, -0.2) is 5.84 Å². The van der Waals surface area contributed by atoms with Gasteiger partial charge in [0.1, 0.15) is 0 Å². The van der Waals surface area contributed by atoms with Crippen molar-refractivity contribution >= 4 is 5.91 Å². The maximum absolute atomic E-state index is 12.2. The van der Waals surface area contributed by atoms with Gasteiger partial charge in [0.15, 0.2) is 0 Å². The molecule has 1 heterocycles. The number of nitrogens with zero attached hydrogens (tertiary/aromatic N) is 2. The van der Waals surface area contributed by atoms with E-state index in [-0.39, 0.29) is 11.9 Å². The summed E-state index contributed by atoms with van der Waals surface area (Å²) in [5.74, 6) is 4.79. The van der Waals surface area contributed by atoms with E-state index in [2.05, 4.69) is 5.43 Å². The molecule has 0 aromatic carbocycles. The molecular weight excluding hydrogens is 249 g/mol. The van der Waals surface area contributed by atoms with E-state index in [1.165, 1.54) is 4.90 Å². The van der Waals surface area contributed by atoms with Crippen LogP contribution in [0.15, 0.2) is 0 Å². The van der Waals surface area contributed by atoms with E-state index in [0.717, 1.165) is 0 Å². The molecule has 0 aromatic rings. The first-order valence-electron chi connectivity index (χ1n) is 5.91. The van der Waals surface area contributed by atoms with Crippen LogP contribution in [0.25, 0.3) is 0 Å². The summed E-state index contributed by atoms with van der Waals surface area (Å²) in [6.45, 7) is 2.48. The minimum Gasteiger partial charge on any atom is -0.293 e. The van der Waals surface area contributed by atoms with Gasteiger partial charge in [-0.2, -0.15) is 13.2 Å². The fraction of sp³-hybridized carbons (Fsp3) is 0.900. The van der Waals surface area contributed by atoms with Gasteiger partial charge < -0.3 is 0 Å². The van der Waals surface area contributed by atoms with Crippen LogP contribution in [0.5, 0.6) is 0 Å². The lowest BCUT2D eigenvalue weighted by Gasteiger charge is -2.38. The highest BCUT2D eigenvalue weighted by atomic mass is 19.4. The molecule has 1 amide bonds. The third kappa shape index (κ3) is 4.43. The number of nitrogens with two attached hydrogens (primary N) is 1. The molecule has 1 aliphatic rings. The van der Waals surface area contributed by atoms with Crippen LogP contribution >= 0.6 is 0 Å². The topological polar surface area (TPSA) is 61.6 Å². The van der Waals surface area contributed by atoms with Crippen molar-refractivity contribution < 1.29 is 18.0 Å². The second kappa shape index (κ2) is 6.35. The van der Waals surface area contributed by atoms with Crippen LogP contribution in [0.2, 0.25) is 0 Å². The number of alkyl halides is 3. The van der Waals surface area contributed by atoms with Crippen molar-refractivity contribution in [3.05, 3.63) is 0 Å². The number of carbonyl (C=O) groups excluding carboxylic acids is 1. The number of halogens is 3. The van der Waals surface area contributed by atoms with Crippen LogP contribution < -0.4 is 11.3 Å². The van der Waals surface area contributed by atoms with Gasteiger partial charge in [-0.1, -0.05) is 6.92 Å². The Morgan fingerprint density at radius 3 is 2.28 bits per heavy atom. The molecule has 1 rings (SSSR count). The predicted molar refractivity (Wildman–Crippen MR) is 60.5 cm³/mol. The number of carbonyl (C=O) groups is 1. The Hall–Kier alpha value is -0.860. The van der Waals surface area contributed by atoms with Crippen LogP contribution in [0, 0.1) is 0 Å². The van der Waals surface area contributed by atoms with Crippen molar-refractivity contribution in [2.75, 3.05) is 32.7 Å². The highest BCUT2D eigenvalue weighted by molar-refractivity contribution is 5.81. The number of hydrogen-bond acceptors (Lipinski definition) is 4. The minimum atomic E-state index is -4.17. The van der Waals surface area contributed by atoms with Crippen LogP contribution in [-0.4, -0.2) is 60.6 Å². The standard InChI is InChI=1S/C10H19F3N4O/c1-2-8(9(18)15-14)17-5-3-16(4-6-17)7-10(11,12)13/h8H,2-7,14H2,1H3,(H,15,18). The maximum Gasteiger partial charge on any atom is 0.401 e. The van der Waals surface area contributed by atoms with E-state index in [1.807, 2.05) is 11.8 Å². The molecule has 8 heteroatoms. The Labute approximate surface area is 104 Å². The Morgan fingerprint density at radius 2 is 1.89 bits per heavy atom. The maximum atomic E-state index is 12.2. The monoisotopic (exact) mass is 268 g/mol. The zero-order valence-electron chi connectivity index (χ0n) is 10.3. The summed E-state index contributed by atoms with van der Waals surface area (Å²) in [7, 11) is 0. The zero-order chi connectivity index (χ0) is 13.8. The quantitative estimate of drug-likeness (QED) is 0.426. The van der Waals surface area contributed by atoms with Crippen LogP contribution in [0.4, 0.5) is 13.2 Å². The molecule has 5 nitrogen and oxygen atoms in total. The number of amides is 1. The summed E-state index contributed by atoms with van der Waals surface area (Å²) in [6.07, 6.45) is -3.58. The molecule has 1 atom stereocenters. The van der Waals surface area contributed by atoms with Crippen LogP contribution in [0.3, 0.4) is 0 Å². The largest absolute Gasteiger partial charge is 0.401 e. The summed E-state index contributed by atoms with van der Waals surface area (Å²) < 4.78 is 36.6. The fourth-order valence-corrected chi connectivity index (χ4v) is 2.19. The van der Waals surface area contributed by atoms with Gasteiger partial charge in [0, 0.05) is 26.2 Å². The molecule has 0 aromatic heterocycles. The summed E-state index contributed by atoms with van der Waals surface area (Å²) in [5.41, 5.74) is 2.09. The number of hydrogen-bond donors (Lipinski definition) is 2. The van der Waals surface area contributed by atoms with E-state index >= 15 is 0 Å². The van der Waals surface area contributed by atoms with Crippen molar-refractivity contribution in [1.29, 1.82) is 0 Å². The first-order chi connectivity index (χ1) is 8.37. The second-order valence-electron chi connectivity index (χ2n) is 4.36. The lowest BCUT2D eigenvalue weighted by molar-refractivity contribution is -0.151. The second-order valence-corrected chi connectivity index (χ2v) is 4.36. The molecule has 1 fully saturated rings. The third-order valence-electron chi connectivity index (χ3n) is 3.08. The molecule has 18 heavy (non-hydrogen) atoms. The van der Waals surface area contributed by atoms with Crippen molar-refractivity contribution in [3.63, 3.8) is 0 Å². The first-order valence-corrected chi connectivity index (χ1v) is 5.91. The number of hydrazine groups is 1. The van der Waals surface area contributed by atoms with Crippen molar-refractivity contribution in [1.82, 2.24) is 15.2 Å². The summed E-state index contributed by atoms with van der Waals surface area (Å²) in [5, 5.41) is 0. The van der Waals surface area contributed by atoms with Gasteiger partial charge >= 0.3 is 6.18 Å². The van der Waals surface area contributed by atoms with E-state index < -0.39 is 12.7 Å². The van der Waals surface area contributed by atoms with Gasteiger partial charge in [0.25, 0.3) is 5.91 Å². The van der Waals surface area contributed by atoms with E-state index in [1.54, 1.807) is 0 Å². The van der Waals surface area contributed by atoms with Gasteiger partial charge in [-0.3, -0.25) is 20.0 Å². The highest BCUT2D eigenvalue weighted by Crippen LogP contribution is 2.18. The van der Waals surface area contributed by atoms with Gasteiger partial charge in [0.2, 0.25) is 0 Å². The summed E-state index contributed by atoms with van der Waals surface area (Å²) in [4.78, 5) is 14.7. The normalized spacial score (nSPS) is 20.7. The lowest BCUT2D eigenvalue weighted by atomic mass is 10.1. The number of nitrogens with one attached hydrogen (secondary N) is 1. The number of piperazine rings is 1. The van der Waals surface area contributed by atoms with E-state index in [0.29, 0.717) is 32.6 Å². The van der Waals surface area contributed by atoms with Gasteiger partial charge in [0.05, 0.1) is 12.6 Å². The molecule has 0 spiro atoms. The Bertz CT molecular complexity index is 277. The zero-order valence-corrected chi connectivity index (χ0v) is 10.3. The molecule has 1 unspecified atom stereocenters. The Kier molecular flexibility index (Phi) is 5.36. The molecule has 1 aliphatic heterocycles. The van der Waals surface area contributed by atoms with Crippen LogP contribution in [-0.2, 0) is 4.79 Å². The predicted octanol–water partition coefficient (Wildman–Crippen LogP) is -0.0652. The lowest BCUT2D eigenvalue weighted by Crippen LogP contribution is -2.56. The molecule has 106 valence electrons. The average Bonchev–Trinajstić information content (AvgIpc) is 2.30. The molecular formula is C10H19F3N4O. The highest BCUT2D eigenvalue weighted by Gasteiger charge is 2.34. The van der Waals surface area contributed by atoms with Crippen molar-refractivity contribution in [3.8, 4) is 0 Å². The molecule has 0 aliphatic carbocycles. The number of rotatable bonds is 4. The minimum absolute atomic E-state index is 0.290. The molecule has 0 bridgehead atoms. The molecule has 0 radical (unpaired) electrons. The Morgan fingerprint density at radius 1 is 1.33 bits per heavy atom. The van der Waals surface area contributed by atoms with Crippen molar-refractivity contribution in [2.24, 2.45) is 5.84 Å². The van der Waals surface area contributed by atoms with E-state index in [9.17, 15) is 18.0 Å². The summed E-state index contributed by atoms with van der Waals surface area (Å²) >= 11 is 0. The van der Waals surface area contributed by atoms with Crippen LogP contribution in [0.1, 0.15) is 13.3 Å². The van der Waals surface area contributed by atoms with E-state index in [4.69, 9.17) is 5.84 Å². The fourth-order valence-electron chi connectivity index (χ4n) is 2.19. The molecule has 0 saturated carbocycles. The van der Waals surface area contributed by atoms with Gasteiger partial charge in [-0.05, 0) is 6.42 Å². The first kappa shape index (κ1) is 15.2. The smallest absolute Gasteiger partial charge is 0.293 e. The molecule has 1 saturated heterocycles. The van der Waals surface area contributed by atoms with Crippen molar-refractivity contribution in [2.45, 2.75) is 25.6 Å². The van der Waals surface area contributed by atoms with Gasteiger partial charge in [-0.15, -0.1) is 0 Å². The average molecular weight is 268 g/mol. The molecule has 3 N–H and O–H groups in total.